The molecule has 0 saturated heterocycles. The van der Waals surface area contributed by atoms with Crippen LogP contribution >= 0.6 is 0 Å². The molecule has 10 nitrogen and oxygen atoms in total. The average Bonchev–Trinajstić information content (AvgIpc) is 3.07. The quantitative estimate of drug-likeness (QED) is 0.459. The Morgan fingerprint density at radius 2 is 1.89 bits per heavy atom. The van der Waals surface area contributed by atoms with E-state index in [1.165, 1.54) is 4.90 Å². The molecule has 1 aromatic rings. The second-order valence-electron chi connectivity index (χ2n) is 6.25. The van der Waals surface area contributed by atoms with Crippen LogP contribution in [0.4, 0.5) is 9.59 Å². The van der Waals surface area contributed by atoms with Crippen LogP contribution in [0.1, 0.15) is 12.5 Å². The lowest BCUT2D eigenvalue weighted by Crippen LogP contribution is -2.37. The summed E-state index contributed by atoms with van der Waals surface area (Å²) in [6, 6.07) is 5.35. The molecule has 0 saturated carbocycles. The molecule has 0 aliphatic carbocycles. The van der Waals surface area contributed by atoms with Crippen molar-refractivity contribution in [1.82, 2.24) is 4.90 Å². The molecule has 0 aromatic heterocycles. The Balaban J connectivity index is 1.70. The molecule has 1 heterocycles. The summed E-state index contributed by atoms with van der Waals surface area (Å²) in [4.78, 5) is 24.7. The number of hydrogen-bond acceptors (Lipinski definition) is 9. The zero-order chi connectivity index (χ0) is 20.7. The average molecular weight is 417 g/mol. The van der Waals surface area contributed by atoms with E-state index in [0.717, 1.165) is 11.8 Å². The maximum absolute atomic E-state index is 12.0. The lowest BCUT2D eigenvalue weighted by molar-refractivity contribution is -0.0229. The van der Waals surface area contributed by atoms with Crippen molar-refractivity contribution in [3.63, 3.8) is 0 Å². The number of hydrogen-bond donors (Lipinski definition) is 0. The number of sulfone groups is 1. The Hall–Kier alpha value is -2.69. The van der Waals surface area contributed by atoms with Gasteiger partial charge in [0.1, 0.15) is 6.61 Å². The van der Waals surface area contributed by atoms with Gasteiger partial charge in [-0.1, -0.05) is 6.07 Å². The van der Waals surface area contributed by atoms with E-state index in [1.807, 2.05) is 25.1 Å². The van der Waals surface area contributed by atoms with Crippen molar-refractivity contribution in [3.05, 3.63) is 23.8 Å². The van der Waals surface area contributed by atoms with Gasteiger partial charge in [0, 0.05) is 19.3 Å². The molecule has 2 rings (SSSR count). The maximum atomic E-state index is 12.0. The Kier molecular flexibility index (Phi) is 7.32. The molecular weight excluding hydrogens is 394 g/mol. The first-order chi connectivity index (χ1) is 13.2. The van der Waals surface area contributed by atoms with Crippen LogP contribution in [0, 0.1) is 0 Å². The van der Waals surface area contributed by atoms with Crippen molar-refractivity contribution in [3.8, 4) is 11.5 Å². The van der Waals surface area contributed by atoms with E-state index < -0.39 is 28.9 Å². The normalized spacial score (nSPS) is 13.5. The summed E-state index contributed by atoms with van der Waals surface area (Å²) in [5, 5.41) is 0. The van der Waals surface area contributed by atoms with Gasteiger partial charge in [-0.25, -0.2) is 18.0 Å². The molecule has 1 aliphatic rings. The van der Waals surface area contributed by atoms with Crippen LogP contribution in [0.15, 0.2) is 18.2 Å². The van der Waals surface area contributed by atoms with Crippen molar-refractivity contribution in [1.29, 1.82) is 0 Å². The molecule has 0 radical (unpaired) electrons. The third-order valence-electron chi connectivity index (χ3n) is 3.95. The number of fused-ring (bicyclic) bond motifs is 1. The van der Waals surface area contributed by atoms with Crippen LogP contribution in [0.25, 0.3) is 0 Å². The van der Waals surface area contributed by atoms with Crippen LogP contribution in [0.3, 0.4) is 0 Å². The van der Waals surface area contributed by atoms with E-state index in [4.69, 9.17) is 14.2 Å². The minimum absolute atomic E-state index is 0.192. The zero-order valence-corrected chi connectivity index (χ0v) is 16.7. The van der Waals surface area contributed by atoms with E-state index in [-0.39, 0.29) is 25.2 Å². The molecule has 0 bridgehead atoms. The first-order valence-electron chi connectivity index (χ1n) is 8.41. The number of ether oxygens (including phenoxy) is 5. The third-order valence-corrected chi connectivity index (χ3v) is 4.86. The topological polar surface area (TPSA) is 118 Å². The SMILES string of the molecule is CC(Cc1ccc2c(c1)OCO2)N(C)C(=O)OCOC(=O)OCCS(C)(=O)=O. The summed E-state index contributed by atoms with van der Waals surface area (Å²) in [5.41, 5.74) is 0.960. The molecule has 0 fully saturated rings. The molecule has 28 heavy (non-hydrogen) atoms. The first kappa shape index (κ1) is 21.6. The molecule has 0 spiro atoms. The predicted octanol–water partition coefficient (Wildman–Crippen LogP) is 1.57. The number of benzene rings is 1. The molecule has 1 aromatic carbocycles. The fourth-order valence-corrected chi connectivity index (χ4v) is 2.66. The molecule has 11 heteroatoms. The number of amides is 1. The van der Waals surface area contributed by atoms with Crippen LogP contribution in [-0.2, 0) is 30.5 Å². The summed E-state index contributed by atoms with van der Waals surface area (Å²) < 4.78 is 46.4. The van der Waals surface area contributed by atoms with Crippen LogP contribution in [-0.4, -0.2) is 70.9 Å². The highest BCUT2D eigenvalue weighted by atomic mass is 32.2. The van der Waals surface area contributed by atoms with Gasteiger partial charge in [-0.2, -0.15) is 0 Å². The number of nitrogens with zero attached hydrogens (tertiary/aromatic N) is 1. The highest BCUT2D eigenvalue weighted by Gasteiger charge is 2.20. The predicted molar refractivity (Wildman–Crippen MR) is 97.0 cm³/mol. The largest absolute Gasteiger partial charge is 0.511 e. The smallest absolute Gasteiger partial charge is 0.454 e. The first-order valence-corrected chi connectivity index (χ1v) is 10.5. The lowest BCUT2D eigenvalue weighted by Gasteiger charge is -2.24. The van der Waals surface area contributed by atoms with Crippen LogP contribution in [0.5, 0.6) is 11.5 Å². The summed E-state index contributed by atoms with van der Waals surface area (Å²) in [5.74, 6) is 1.03. The van der Waals surface area contributed by atoms with Crippen molar-refractivity contribution < 1.29 is 41.7 Å². The Morgan fingerprint density at radius 3 is 2.61 bits per heavy atom. The summed E-state index contributed by atoms with van der Waals surface area (Å²) in [7, 11) is -1.68. The maximum Gasteiger partial charge on any atom is 0.511 e. The van der Waals surface area contributed by atoms with Crippen molar-refractivity contribution >= 4 is 22.1 Å². The van der Waals surface area contributed by atoms with E-state index in [1.54, 1.807) is 7.05 Å². The number of carbonyl (C=O) groups is 2. The third kappa shape index (κ3) is 6.80. The standard InChI is InChI=1S/C17H23NO9S/c1-12(8-13-4-5-14-15(9-13)25-10-24-14)18(2)16(19)26-11-27-17(20)23-6-7-28(3,21)22/h4-5,9,12H,6-8,10-11H2,1-3H3. The van der Waals surface area contributed by atoms with Gasteiger partial charge in [0.05, 0.1) is 5.75 Å². The molecule has 0 N–H and O–H groups in total. The Bertz CT molecular complexity index is 809. The van der Waals surface area contributed by atoms with Crippen LogP contribution < -0.4 is 9.47 Å². The van der Waals surface area contributed by atoms with Gasteiger partial charge in [0.15, 0.2) is 21.3 Å². The van der Waals surface area contributed by atoms with Crippen molar-refractivity contribution in [2.75, 3.05) is 39.2 Å². The van der Waals surface area contributed by atoms with E-state index in [2.05, 4.69) is 9.47 Å². The van der Waals surface area contributed by atoms with Gasteiger partial charge in [0.2, 0.25) is 13.6 Å². The van der Waals surface area contributed by atoms with E-state index in [0.29, 0.717) is 17.9 Å². The van der Waals surface area contributed by atoms with E-state index in [9.17, 15) is 18.0 Å². The van der Waals surface area contributed by atoms with Crippen molar-refractivity contribution in [2.24, 2.45) is 0 Å². The summed E-state index contributed by atoms with van der Waals surface area (Å²) >= 11 is 0. The van der Waals surface area contributed by atoms with Gasteiger partial charge >= 0.3 is 12.2 Å². The lowest BCUT2D eigenvalue weighted by atomic mass is 10.1. The molecule has 1 amide bonds. The van der Waals surface area contributed by atoms with Gasteiger partial charge in [0.25, 0.3) is 0 Å². The summed E-state index contributed by atoms with van der Waals surface area (Å²) in [6.45, 7) is 1.05. The fraction of sp³-hybridized carbons (Fsp3) is 0.529. The molecule has 1 unspecified atom stereocenters. The van der Waals surface area contributed by atoms with E-state index >= 15 is 0 Å². The number of likely N-dealkylation sites (N-methyl/N-ethyl adjacent to an activating group) is 1. The Morgan fingerprint density at radius 1 is 1.18 bits per heavy atom. The molecule has 1 aliphatic heterocycles. The zero-order valence-electron chi connectivity index (χ0n) is 15.9. The molecular formula is C17H23NO9S. The van der Waals surface area contributed by atoms with Crippen molar-refractivity contribution in [2.45, 2.75) is 19.4 Å². The monoisotopic (exact) mass is 417 g/mol. The highest BCUT2D eigenvalue weighted by molar-refractivity contribution is 7.90. The summed E-state index contributed by atoms with van der Waals surface area (Å²) in [6.07, 6.45) is -0.231. The molecule has 156 valence electrons. The number of rotatable bonds is 8. The second-order valence-corrected chi connectivity index (χ2v) is 8.51. The van der Waals surface area contributed by atoms with Gasteiger partial charge in [-0.3, -0.25) is 0 Å². The Labute approximate surface area is 163 Å². The van der Waals surface area contributed by atoms with Gasteiger partial charge in [-0.05, 0) is 31.0 Å². The number of carbonyl (C=O) groups excluding carboxylic acids is 2. The highest BCUT2D eigenvalue weighted by Crippen LogP contribution is 2.32. The minimum Gasteiger partial charge on any atom is -0.454 e. The fourth-order valence-electron chi connectivity index (χ4n) is 2.27. The second kappa shape index (κ2) is 9.49. The van der Waals surface area contributed by atoms with Gasteiger partial charge < -0.3 is 28.6 Å². The van der Waals surface area contributed by atoms with Gasteiger partial charge in [-0.15, -0.1) is 0 Å². The molecule has 1 atom stereocenters. The minimum atomic E-state index is -3.24. The van der Waals surface area contributed by atoms with Crippen LogP contribution in [0.2, 0.25) is 0 Å².